The molecule has 0 saturated heterocycles. The van der Waals surface area contributed by atoms with Gasteiger partial charge in [-0.15, -0.1) is 0 Å². The quantitative estimate of drug-likeness (QED) is 0.523. The second kappa shape index (κ2) is 6.06. The Morgan fingerprint density at radius 2 is 1.75 bits per heavy atom. The van der Waals surface area contributed by atoms with Gasteiger partial charge in [0, 0.05) is 12.5 Å². The molecule has 0 heterocycles. The molecule has 0 aliphatic rings. The summed E-state index contributed by atoms with van der Waals surface area (Å²) in [6.07, 6.45) is 3.79. The number of aromatic hydroxyl groups is 1. The maximum Gasteiger partial charge on any atom is 0.308 e. The van der Waals surface area contributed by atoms with Gasteiger partial charge in [-0.3, -0.25) is 4.79 Å². The summed E-state index contributed by atoms with van der Waals surface area (Å²) >= 11 is 0. The minimum absolute atomic E-state index is 0.108. The zero-order valence-electron chi connectivity index (χ0n) is 11.5. The summed E-state index contributed by atoms with van der Waals surface area (Å²) < 4.78 is 5.09. The largest absolute Gasteiger partial charge is 0.508 e. The van der Waals surface area contributed by atoms with E-state index in [2.05, 4.69) is 0 Å². The number of phenols is 1. The number of ether oxygens (including phenoxy) is 1. The monoisotopic (exact) mass is 268 g/mol. The summed E-state index contributed by atoms with van der Waals surface area (Å²) in [5.74, 6) is 0.0818. The second-order valence-electron chi connectivity index (χ2n) is 4.50. The van der Waals surface area contributed by atoms with Gasteiger partial charge < -0.3 is 9.84 Å². The van der Waals surface area contributed by atoms with Crippen LogP contribution in [0.3, 0.4) is 0 Å². The molecule has 2 rings (SSSR count). The molecule has 102 valence electrons. The minimum Gasteiger partial charge on any atom is -0.508 e. The Morgan fingerprint density at radius 3 is 2.40 bits per heavy atom. The SMILES string of the molecule is CC(=O)Oc1cc(C=Cc2ccccc2)cc(O)c1C. The van der Waals surface area contributed by atoms with Crippen LogP contribution in [0.25, 0.3) is 12.2 Å². The smallest absolute Gasteiger partial charge is 0.308 e. The number of carbonyl (C=O) groups is 1. The molecule has 3 heteroatoms. The molecular formula is C17H16O3. The Labute approximate surface area is 118 Å². The lowest BCUT2D eigenvalue weighted by atomic mass is 10.1. The fourth-order valence-corrected chi connectivity index (χ4v) is 1.81. The van der Waals surface area contributed by atoms with E-state index in [9.17, 15) is 9.90 Å². The van der Waals surface area contributed by atoms with Crippen molar-refractivity contribution in [2.75, 3.05) is 0 Å². The average molecular weight is 268 g/mol. The lowest BCUT2D eigenvalue weighted by Crippen LogP contribution is -2.03. The van der Waals surface area contributed by atoms with Crippen LogP contribution in [-0.2, 0) is 4.79 Å². The van der Waals surface area contributed by atoms with Crippen LogP contribution in [0.5, 0.6) is 11.5 Å². The number of carbonyl (C=O) groups excluding carboxylic acids is 1. The third-order valence-electron chi connectivity index (χ3n) is 2.88. The van der Waals surface area contributed by atoms with Crippen molar-refractivity contribution in [3.63, 3.8) is 0 Å². The number of benzene rings is 2. The summed E-state index contributed by atoms with van der Waals surface area (Å²) in [6.45, 7) is 3.04. The van der Waals surface area contributed by atoms with Gasteiger partial charge in [-0.2, -0.15) is 0 Å². The number of hydrogen-bond donors (Lipinski definition) is 1. The molecule has 0 aliphatic heterocycles. The number of hydrogen-bond acceptors (Lipinski definition) is 3. The van der Waals surface area contributed by atoms with E-state index in [1.807, 2.05) is 42.5 Å². The first-order valence-electron chi connectivity index (χ1n) is 6.31. The molecule has 20 heavy (non-hydrogen) atoms. The van der Waals surface area contributed by atoms with Gasteiger partial charge in [0.1, 0.15) is 11.5 Å². The molecule has 0 atom stereocenters. The van der Waals surface area contributed by atoms with E-state index in [1.54, 1.807) is 19.1 Å². The van der Waals surface area contributed by atoms with Crippen LogP contribution in [0.1, 0.15) is 23.6 Å². The minimum atomic E-state index is -0.406. The van der Waals surface area contributed by atoms with Gasteiger partial charge in [-0.25, -0.2) is 0 Å². The Bertz CT molecular complexity index is 643. The topological polar surface area (TPSA) is 46.5 Å². The van der Waals surface area contributed by atoms with Gasteiger partial charge in [0.2, 0.25) is 0 Å². The van der Waals surface area contributed by atoms with Gasteiger partial charge in [0.25, 0.3) is 0 Å². The summed E-state index contributed by atoms with van der Waals surface area (Å²) in [6, 6.07) is 13.2. The van der Waals surface area contributed by atoms with Crippen molar-refractivity contribution in [1.82, 2.24) is 0 Å². The van der Waals surface area contributed by atoms with Gasteiger partial charge >= 0.3 is 5.97 Å². The molecular weight excluding hydrogens is 252 g/mol. The molecule has 0 saturated carbocycles. The summed E-state index contributed by atoms with van der Waals surface area (Å²) in [7, 11) is 0. The lowest BCUT2D eigenvalue weighted by molar-refractivity contribution is -0.131. The first kappa shape index (κ1) is 13.9. The van der Waals surface area contributed by atoms with Crippen LogP contribution < -0.4 is 4.74 Å². The average Bonchev–Trinajstić information content (AvgIpc) is 2.42. The Morgan fingerprint density at radius 1 is 1.10 bits per heavy atom. The van der Waals surface area contributed by atoms with Crippen LogP contribution in [0, 0.1) is 6.92 Å². The fraction of sp³-hybridized carbons (Fsp3) is 0.118. The van der Waals surface area contributed by atoms with E-state index in [-0.39, 0.29) is 5.75 Å². The van der Waals surface area contributed by atoms with Crippen LogP contribution in [0.4, 0.5) is 0 Å². The summed E-state index contributed by atoms with van der Waals surface area (Å²) in [4.78, 5) is 11.0. The predicted octanol–water partition coefficient (Wildman–Crippen LogP) is 3.80. The molecule has 0 spiro atoms. The van der Waals surface area contributed by atoms with Crippen LogP contribution in [0.15, 0.2) is 42.5 Å². The predicted molar refractivity (Wildman–Crippen MR) is 79.5 cm³/mol. The molecule has 2 aromatic carbocycles. The zero-order chi connectivity index (χ0) is 14.5. The van der Waals surface area contributed by atoms with E-state index >= 15 is 0 Å². The van der Waals surface area contributed by atoms with Crippen LogP contribution in [-0.4, -0.2) is 11.1 Å². The van der Waals surface area contributed by atoms with Crippen molar-refractivity contribution in [1.29, 1.82) is 0 Å². The van der Waals surface area contributed by atoms with Crippen LogP contribution in [0.2, 0.25) is 0 Å². The number of rotatable bonds is 3. The van der Waals surface area contributed by atoms with Crippen molar-refractivity contribution in [2.45, 2.75) is 13.8 Å². The van der Waals surface area contributed by atoms with Crippen molar-refractivity contribution in [2.24, 2.45) is 0 Å². The van der Waals surface area contributed by atoms with E-state index in [0.717, 1.165) is 11.1 Å². The van der Waals surface area contributed by atoms with Gasteiger partial charge in [-0.05, 0) is 30.2 Å². The van der Waals surface area contributed by atoms with Gasteiger partial charge in [0.15, 0.2) is 0 Å². The molecule has 0 aliphatic carbocycles. The number of phenolic OH excluding ortho intramolecular Hbond substituents is 1. The Kier molecular flexibility index (Phi) is 4.20. The third-order valence-corrected chi connectivity index (χ3v) is 2.88. The van der Waals surface area contributed by atoms with E-state index in [1.165, 1.54) is 6.92 Å². The summed E-state index contributed by atoms with van der Waals surface area (Å²) in [5, 5.41) is 9.87. The highest BCUT2D eigenvalue weighted by atomic mass is 16.5. The Hall–Kier alpha value is -2.55. The fourth-order valence-electron chi connectivity index (χ4n) is 1.81. The maximum absolute atomic E-state index is 11.0. The highest BCUT2D eigenvalue weighted by Crippen LogP contribution is 2.29. The van der Waals surface area contributed by atoms with Gasteiger partial charge in [-0.1, -0.05) is 42.5 Å². The molecule has 1 N–H and O–H groups in total. The van der Waals surface area contributed by atoms with Crippen molar-refractivity contribution >= 4 is 18.1 Å². The molecule has 0 aromatic heterocycles. The normalized spacial score (nSPS) is 10.7. The van der Waals surface area contributed by atoms with E-state index in [0.29, 0.717) is 11.3 Å². The molecule has 0 fully saturated rings. The molecule has 3 nitrogen and oxygen atoms in total. The maximum atomic E-state index is 11.0. The first-order chi connectivity index (χ1) is 9.56. The standard InChI is InChI=1S/C17H16O3/c1-12-16(19)10-15(11-17(12)20-13(2)18)9-8-14-6-4-3-5-7-14/h3-11,19H,1-2H3. The van der Waals surface area contributed by atoms with Crippen LogP contribution >= 0.6 is 0 Å². The molecule has 0 radical (unpaired) electrons. The number of esters is 1. The van der Waals surface area contributed by atoms with E-state index < -0.39 is 5.97 Å². The highest BCUT2D eigenvalue weighted by molar-refractivity contribution is 5.74. The second-order valence-corrected chi connectivity index (χ2v) is 4.50. The molecule has 0 unspecified atom stereocenters. The highest BCUT2D eigenvalue weighted by Gasteiger charge is 2.08. The van der Waals surface area contributed by atoms with Gasteiger partial charge in [0.05, 0.1) is 0 Å². The lowest BCUT2D eigenvalue weighted by Gasteiger charge is -2.08. The first-order valence-corrected chi connectivity index (χ1v) is 6.31. The third kappa shape index (κ3) is 3.48. The Balaban J connectivity index is 2.31. The van der Waals surface area contributed by atoms with Crippen molar-refractivity contribution in [3.05, 3.63) is 59.2 Å². The summed E-state index contributed by atoms with van der Waals surface area (Å²) in [5.41, 5.74) is 2.38. The molecule has 0 amide bonds. The zero-order valence-corrected chi connectivity index (χ0v) is 11.5. The molecule has 2 aromatic rings. The van der Waals surface area contributed by atoms with E-state index in [4.69, 9.17) is 4.74 Å². The van der Waals surface area contributed by atoms with Crippen molar-refractivity contribution < 1.29 is 14.6 Å². The van der Waals surface area contributed by atoms with Crippen molar-refractivity contribution in [3.8, 4) is 11.5 Å². The molecule has 0 bridgehead atoms.